The molecule has 1 fully saturated rings. The molecular formula is C25H28N2O4. The Kier molecular flexibility index (Phi) is 6.00. The standard InChI is InChI=1S/C25H28N2O4/c1-17(13-25(28)27-11-9-26(2)10-12-27)19-14-20-21(16-31-24(20)15-23(19)30-4)18-7-5-6-8-22(18)29-3/h5-8,13-16H,9-12H2,1-4H3/b17-13+. The van der Waals surface area contributed by atoms with Crippen LogP contribution in [0.15, 0.2) is 53.2 Å². The first-order valence-corrected chi connectivity index (χ1v) is 10.4. The number of amides is 1. The van der Waals surface area contributed by atoms with Crippen LogP contribution in [0.5, 0.6) is 11.5 Å². The first-order valence-electron chi connectivity index (χ1n) is 10.4. The summed E-state index contributed by atoms with van der Waals surface area (Å²) < 4.78 is 17.0. The average Bonchev–Trinajstić information content (AvgIpc) is 3.21. The fourth-order valence-corrected chi connectivity index (χ4v) is 3.99. The fourth-order valence-electron chi connectivity index (χ4n) is 3.99. The molecule has 6 heteroatoms. The molecule has 0 bridgehead atoms. The van der Waals surface area contributed by atoms with Gasteiger partial charge in [0.2, 0.25) is 5.91 Å². The maximum atomic E-state index is 12.8. The van der Waals surface area contributed by atoms with Crippen molar-refractivity contribution in [3.8, 4) is 22.6 Å². The second kappa shape index (κ2) is 8.86. The minimum atomic E-state index is 0.0323. The Balaban J connectivity index is 1.74. The molecule has 0 radical (unpaired) electrons. The van der Waals surface area contributed by atoms with Crippen LogP contribution in [0.3, 0.4) is 0 Å². The van der Waals surface area contributed by atoms with Gasteiger partial charge in [-0.25, -0.2) is 0 Å². The number of piperazine rings is 1. The van der Waals surface area contributed by atoms with E-state index in [2.05, 4.69) is 11.9 Å². The lowest BCUT2D eigenvalue weighted by Gasteiger charge is -2.31. The van der Waals surface area contributed by atoms with E-state index in [9.17, 15) is 4.79 Å². The molecular weight excluding hydrogens is 392 g/mol. The van der Waals surface area contributed by atoms with Crippen molar-refractivity contribution in [1.29, 1.82) is 0 Å². The van der Waals surface area contributed by atoms with E-state index < -0.39 is 0 Å². The number of ether oxygens (including phenoxy) is 2. The Morgan fingerprint density at radius 2 is 1.71 bits per heavy atom. The summed E-state index contributed by atoms with van der Waals surface area (Å²) >= 11 is 0. The van der Waals surface area contributed by atoms with Gasteiger partial charge in [0, 0.05) is 60.4 Å². The number of allylic oxidation sites excluding steroid dienone is 1. The smallest absolute Gasteiger partial charge is 0.246 e. The zero-order valence-corrected chi connectivity index (χ0v) is 18.5. The highest BCUT2D eigenvalue weighted by atomic mass is 16.5. The monoisotopic (exact) mass is 420 g/mol. The van der Waals surface area contributed by atoms with Crippen molar-refractivity contribution in [3.63, 3.8) is 0 Å². The van der Waals surface area contributed by atoms with Crippen LogP contribution in [-0.2, 0) is 4.79 Å². The van der Waals surface area contributed by atoms with Crippen molar-refractivity contribution >= 4 is 22.4 Å². The van der Waals surface area contributed by atoms with E-state index >= 15 is 0 Å². The van der Waals surface area contributed by atoms with Gasteiger partial charge in [-0.05, 0) is 31.7 Å². The summed E-state index contributed by atoms with van der Waals surface area (Å²) in [6, 6.07) is 11.8. The topological polar surface area (TPSA) is 55.2 Å². The molecule has 162 valence electrons. The highest BCUT2D eigenvalue weighted by molar-refractivity contribution is 6.01. The van der Waals surface area contributed by atoms with Crippen LogP contribution in [-0.4, -0.2) is 63.2 Å². The van der Waals surface area contributed by atoms with Gasteiger partial charge >= 0.3 is 0 Å². The van der Waals surface area contributed by atoms with Gasteiger partial charge < -0.3 is 23.7 Å². The van der Waals surface area contributed by atoms with Gasteiger partial charge in [-0.2, -0.15) is 0 Å². The number of likely N-dealkylation sites (N-methyl/N-ethyl adjacent to an activating group) is 1. The highest BCUT2D eigenvalue weighted by Crippen LogP contribution is 2.40. The van der Waals surface area contributed by atoms with Crippen LogP contribution < -0.4 is 9.47 Å². The predicted molar refractivity (Wildman–Crippen MR) is 122 cm³/mol. The first-order chi connectivity index (χ1) is 15.0. The van der Waals surface area contributed by atoms with Gasteiger partial charge in [-0.15, -0.1) is 0 Å². The van der Waals surface area contributed by atoms with Crippen LogP contribution in [0.1, 0.15) is 12.5 Å². The molecule has 0 saturated carbocycles. The van der Waals surface area contributed by atoms with E-state index in [-0.39, 0.29) is 5.91 Å². The molecule has 1 saturated heterocycles. The van der Waals surface area contributed by atoms with Crippen molar-refractivity contribution in [2.75, 3.05) is 47.4 Å². The van der Waals surface area contributed by atoms with Crippen LogP contribution in [0.25, 0.3) is 27.7 Å². The van der Waals surface area contributed by atoms with Gasteiger partial charge in [0.1, 0.15) is 17.1 Å². The van der Waals surface area contributed by atoms with Gasteiger partial charge in [0.15, 0.2) is 0 Å². The van der Waals surface area contributed by atoms with Crippen molar-refractivity contribution in [2.45, 2.75) is 6.92 Å². The van der Waals surface area contributed by atoms with Crippen LogP contribution in [0, 0.1) is 0 Å². The molecule has 1 amide bonds. The molecule has 0 atom stereocenters. The van der Waals surface area contributed by atoms with Crippen LogP contribution in [0.4, 0.5) is 0 Å². The molecule has 0 spiro atoms. The molecule has 1 aliphatic heterocycles. The van der Waals surface area contributed by atoms with E-state index in [0.717, 1.165) is 65.2 Å². The number of benzene rings is 2. The SMILES string of the molecule is COc1cc2occ(-c3ccccc3OC)c2cc1/C(C)=C/C(=O)N1CCN(C)CC1. The fraction of sp³-hybridized carbons (Fsp3) is 0.320. The number of rotatable bonds is 5. The molecule has 1 aromatic heterocycles. The predicted octanol–water partition coefficient (Wildman–Crippen LogP) is 4.29. The zero-order valence-electron chi connectivity index (χ0n) is 18.5. The summed E-state index contributed by atoms with van der Waals surface area (Å²) in [4.78, 5) is 17.0. The van der Waals surface area contributed by atoms with Crippen LogP contribution in [0.2, 0.25) is 0 Å². The largest absolute Gasteiger partial charge is 0.496 e. The average molecular weight is 421 g/mol. The lowest BCUT2D eigenvalue weighted by Crippen LogP contribution is -2.46. The molecule has 31 heavy (non-hydrogen) atoms. The Labute approximate surface area is 182 Å². The number of fused-ring (bicyclic) bond motifs is 1. The number of furan rings is 1. The zero-order chi connectivity index (χ0) is 22.0. The highest BCUT2D eigenvalue weighted by Gasteiger charge is 2.20. The molecule has 2 aromatic carbocycles. The normalized spacial score (nSPS) is 15.4. The summed E-state index contributed by atoms with van der Waals surface area (Å²) in [5, 5.41) is 0.945. The Hall–Kier alpha value is -3.25. The van der Waals surface area contributed by atoms with Crippen molar-refractivity contribution in [3.05, 3.63) is 54.3 Å². The molecule has 2 heterocycles. The van der Waals surface area contributed by atoms with E-state index in [4.69, 9.17) is 13.9 Å². The molecule has 3 aromatic rings. The lowest BCUT2D eigenvalue weighted by molar-refractivity contribution is -0.127. The minimum absolute atomic E-state index is 0.0323. The summed E-state index contributed by atoms with van der Waals surface area (Å²) in [6.07, 6.45) is 3.44. The molecule has 6 nitrogen and oxygen atoms in total. The number of methoxy groups -OCH3 is 2. The Bertz CT molecular complexity index is 1120. The summed E-state index contributed by atoms with van der Waals surface area (Å²) in [5.74, 6) is 1.48. The third-order valence-corrected chi connectivity index (χ3v) is 5.87. The van der Waals surface area contributed by atoms with Gasteiger partial charge in [-0.3, -0.25) is 4.79 Å². The lowest BCUT2D eigenvalue weighted by atomic mass is 9.98. The quantitative estimate of drug-likeness (QED) is 0.576. The summed E-state index contributed by atoms with van der Waals surface area (Å²) in [5.41, 5.74) is 4.34. The summed E-state index contributed by atoms with van der Waals surface area (Å²) in [7, 11) is 5.37. The number of carbonyl (C=O) groups is 1. The third kappa shape index (κ3) is 4.16. The molecule has 4 rings (SSSR count). The number of nitrogens with zero attached hydrogens (tertiary/aromatic N) is 2. The number of para-hydroxylation sites is 1. The number of hydrogen-bond acceptors (Lipinski definition) is 5. The number of carbonyl (C=O) groups excluding carboxylic acids is 1. The van der Waals surface area contributed by atoms with Gasteiger partial charge in [0.05, 0.1) is 20.5 Å². The van der Waals surface area contributed by atoms with Crippen molar-refractivity contribution in [1.82, 2.24) is 9.80 Å². The maximum Gasteiger partial charge on any atom is 0.246 e. The van der Waals surface area contributed by atoms with Crippen LogP contribution >= 0.6 is 0 Å². The molecule has 0 unspecified atom stereocenters. The second-order valence-electron chi connectivity index (χ2n) is 7.85. The third-order valence-electron chi connectivity index (χ3n) is 5.87. The molecule has 0 aliphatic carbocycles. The first kappa shape index (κ1) is 21.0. The summed E-state index contributed by atoms with van der Waals surface area (Å²) in [6.45, 7) is 5.22. The van der Waals surface area contributed by atoms with Crippen molar-refractivity contribution in [2.24, 2.45) is 0 Å². The van der Waals surface area contributed by atoms with E-state index in [0.29, 0.717) is 5.75 Å². The molecule has 0 N–H and O–H groups in total. The van der Waals surface area contributed by atoms with E-state index in [1.807, 2.05) is 48.2 Å². The van der Waals surface area contributed by atoms with E-state index in [1.165, 1.54) is 0 Å². The minimum Gasteiger partial charge on any atom is -0.496 e. The second-order valence-corrected chi connectivity index (χ2v) is 7.85. The van der Waals surface area contributed by atoms with E-state index in [1.54, 1.807) is 26.6 Å². The maximum absolute atomic E-state index is 12.8. The number of hydrogen-bond donors (Lipinski definition) is 0. The van der Waals surface area contributed by atoms with Crippen molar-refractivity contribution < 1.29 is 18.7 Å². The Morgan fingerprint density at radius 3 is 2.42 bits per heavy atom. The Morgan fingerprint density at radius 1 is 1.00 bits per heavy atom. The molecule has 1 aliphatic rings. The van der Waals surface area contributed by atoms with Gasteiger partial charge in [0.25, 0.3) is 0 Å². The van der Waals surface area contributed by atoms with Gasteiger partial charge in [-0.1, -0.05) is 18.2 Å².